The molecule has 0 aliphatic carbocycles. The molecule has 0 spiro atoms. The Morgan fingerprint density at radius 1 is 1.23 bits per heavy atom. The molecule has 3 aromatic rings. The van der Waals surface area contributed by atoms with Crippen molar-refractivity contribution in [2.45, 2.75) is 18.7 Å². The van der Waals surface area contributed by atoms with Gasteiger partial charge in [0.1, 0.15) is 29.7 Å². The van der Waals surface area contributed by atoms with Crippen molar-refractivity contribution in [1.82, 2.24) is 9.97 Å². The zero-order chi connectivity index (χ0) is 18.5. The number of nitriles is 1. The van der Waals surface area contributed by atoms with Gasteiger partial charge in [0.25, 0.3) is 5.56 Å². The van der Waals surface area contributed by atoms with Gasteiger partial charge >= 0.3 is 0 Å². The fourth-order valence-electron chi connectivity index (χ4n) is 2.53. The lowest BCUT2D eigenvalue weighted by molar-refractivity contribution is 0.307. The Bertz CT molecular complexity index is 1020. The van der Waals surface area contributed by atoms with Crippen molar-refractivity contribution in [2.75, 3.05) is 6.26 Å². The summed E-state index contributed by atoms with van der Waals surface area (Å²) in [5, 5.41) is 9.88. The quantitative estimate of drug-likeness (QED) is 0.549. The van der Waals surface area contributed by atoms with E-state index < -0.39 is 5.56 Å². The number of aromatic nitrogens is 2. The summed E-state index contributed by atoms with van der Waals surface area (Å²) in [6, 6.07) is 17.4. The van der Waals surface area contributed by atoms with Crippen molar-refractivity contribution in [3.05, 3.63) is 75.6 Å². The first-order valence-electron chi connectivity index (χ1n) is 7.98. The fraction of sp³-hybridized carbons (Fsp3) is 0.150. The molecule has 1 heterocycles. The van der Waals surface area contributed by atoms with Gasteiger partial charge in [0.2, 0.25) is 0 Å². The molecule has 5 nitrogen and oxygen atoms in total. The second-order valence-electron chi connectivity index (χ2n) is 5.68. The highest BCUT2D eigenvalue weighted by Crippen LogP contribution is 2.32. The number of hydrogen-bond donors (Lipinski definition) is 1. The van der Waals surface area contributed by atoms with E-state index in [0.717, 1.165) is 11.1 Å². The van der Waals surface area contributed by atoms with E-state index in [4.69, 9.17) is 4.74 Å². The van der Waals surface area contributed by atoms with Crippen molar-refractivity contribution in [2.24, 2.45) is 0 Å². The molecular formula is C20H17N3O2S. The number of H-pyrrole nitrogens is 1. The van der Waals surface area contributed by atoms with Crippen LogP contribution in [0.15, 0.2) is 58.5 Å². The van der Waals surface area contributed by atoms with Crippen LogP contribution in [0.25, 0.3) is 11.3 Å². The number of aromatic amines is 1. The second-order valence-corrected chi connectivity index (χ2v) is 6.48. The average Bonchev–Trinajstić information content (AvgIpc) is 2.66. The van der Waals surface area contributed by atoms with Crippen LogP contribution in [0.2, 0.25) is 0 Å². The largest absolute Gasteiger partial charge is 0.488 e. The van der Waals surface area contributed by atoms with Gasteiger partial charge in [-0.15, -0.1) is 0 Å². The van der Waals surface area contributed by atoms with Gasteiger partial charge in [-0.25, -0.2) is 4.98 Å². The van der Waals surface area contributed by atoms with Gasteiger partial charge in [-0.05, 0) is 36.4 Å². The van der Waals surface area contributed by atoms with Crippen LogP contribution < -0.4 is 10.3 Å². The summed E-state index contributed by atoms with van der Waals surface area (Å²) in [4.78, 5) is 19.3. The highest BCUT2D eigenvalue weighted by Gasteiger charge is 2.17. The SMILES string of the molecule is CSc1nc(-c2ccc(C)cc2OCc2ccccc2)c(C#N)c(=O)[nH]1. The third-order valence-electron chi connectivity index (χ3n) is 3.83. The smallest absolute Gasteiger partial charge is 0.270 e. The molecule has 0 unspecified atom stereocenters. The summed E-state index contributed by atoms with van der Waals surface area (Å²) in [7, 11) is 0. The first-order chi connectivity index (χ1) is 12.6. The Kier molecular flexibility index (Phi) is 5.40. The van der Waals surface area contributed by atoms with E-state index in [1.807, 2.05) is 67.8 Å². The predicted molar refractivity (Wildman–Crippen MR) is 102 cm³/mol. The molecule has 0 fully saturated rings. The molecule has 1 N–H and O–H groups in total. The van der Waals surface area contributed by atoms with Gasteiger partial charge in [-0.2, -0.15) is 5.26 Å². The Morgan fingerprint density at radius 2 is 2.00 bits per heavy atom. The lowest BCUT2D eigenvalue weighted by Gasteiger charge is -2.13. The van der Waals surface area contributed by atoms with Gasteiger partial charge in [0, 0.05) is 5.56 Å². The first kappa shape index (κ1) is 17.8. The minimum absolute atomic E-state index is 0.0174. The minimum Gasteiger partial charge on any atom is -0.488 e. The van der Waals surface area contributed by atoms with Crippen LogP contribution in [0.4, 0.5) is 0 Å². The number of rotatable bonds is 5. The van der Waals surface area contributed by atoms with Gasteiger partial charge < -0.3 is 9.72 Å². The Hall–Kier alpha value is -3.04. The molecule has 0 amide bonds. The van der Waals surface area contributed by atoms with Crippen LogP contribution in [0.5, 0.6) is 5.75 Å². The maximum Gasteiger partial charge on any atom is 0.270 e. The van der Waals surface area contributed by atoms with Crippen molar-refractivity contribution in [1.29, 1.82) is 5.26 Å². The third-order valence-corrected chi connectivity index (χ3v) is 4.41. The number of hydrogen-bond acceptors (Lipinski definition) is 5. The van der Waals surface area contributed by atoms with Crippen molar-refractivity contribution in [3.8, 4) is 23.1 Å². The fourth-order valence-corrected chi connectivity index (χ4v) is 2.91. The summed E-state index contributed by atoms with van der Waals surface area (Å²) in [5.41, 5.74) is 2.55. The molecule has 130 valence electrons. The number of benzene rings is 2. The van der Waals surface area contributed by atoms with E-state index in [1.165, 1.54) is 11.8 Å². The van der Waals surface area contributed by atoms with E-state index in [2.05, 4.69) is 9.97 Å². The lowest BCUT2D eigenvalue weighted by atomic mass is 10.0. The molecule has 3 rings (SSSR count). The number of nitrogens with one attached hydrogen (secondary N) is 1. The van der Waals surface area contributed by atoms with Crippen LogP contribution in [-0.4, -0.2) is 16.2 Å². The van der Waals surface area contributed by atoms with Crippen molar-refractivity contribution in [3.63, 3.8) is 0 Å². The zero-order valence-electron chi connectivity index (χ0n) is 14.4. The molecular weight excluding hydrogens is 346 g/mol. The molecule has 1 aromatic heterocycles. The van der Waals surface area contributed by atoms with Gasteiger partial charge in [0.15, 0.2) is 5.16 Å². The molecule has 0 atom stereocenters. The van der Waals surface area contributed by atoms with Crippen LogP contribution in [0.3, 0.4) is 0 Å². The molecule has 0 bridgehead atoms. The Balaban J connectivity index is 2.07. The second kappa shape index (κ2) is 7.89. The molecule has 6 heteroatoms. The Labute approximate surface area is 155 Å². The van der Waals surface area contributed by atoms with E-state index in [1.54, 1.807) is 0 Å². The minimum atomic E-state index is -0.448. The van der Waals surface area contributed by atoms with E-state index in [-0.39, 0.29) is 5.56 Å². The molecule has 0 radical (unpaired) electrons. The summed E-state index contributed by atoms with van der Waals surface area (Å²) >= 11 is 1.31. The maximum absolute atomic E-state index is 12.2. The number of nitrogens with zero attached hydrogens (tertiary/aromatic N) is 2. The van der Waals surface area contributed by atoms with E-state index in [9.17, 15) is 10.1 Å². The standard InChI is InChI=1S/C20H17N3O2S/c1-13-8-9-15(17(10-13)25-12-14-6-4-3-5-7-14)18-16(11-21)19(24)23-20(22-18)26-2/h3-10H,12H2,1-2H3,(H,22,23,24). The van der Waals surface area contributed by atoms with Crippen LogP contribution in [0, 0.1) is 18.3 Å². The summed E-state index contributed by atoms with van der Waals surface area (Å²) in [6.07, 6.45) is 1.82. The van der Waals surface area contributed by atoms with E-state index >= 15 is 0 Å². The summed E-state index contributed by atoms with van der Waals surface area (Å²) < 4.78 is 6.00. The highest BCUT2D eigenvalue weighted by molar-refractivity contribution is 7.98. The number of ether oxygens (including phenoxy) is 1. The summed E-state index contributed by atoms with van der Waals surface area (Å²) in [5.74, 6) is 0.593. The molecule has 0 saturated heterocycles. The monoisotopic (exact) mass is 363 g/mol. The number of thioether (sulfide) groups is 1. The lowest BCUT2D eigenvalue weighted by Crippen LogP contribution is -2.15. The molecule has 0 saturated carbocycles. The molecule has 0 aliphatic rings. The van der Waals surface area contributed by atoms with Crippen LogP contribution >= 0.6 is 11.8 Å². The highest BCUT2D eigenvalue weighted by atomic mass is 32.2. The first-order valence-corrected chi connectivity index (χ1v) is 9.21. The molecule has 0 aliphatic heterocycles. The average molecular weight is 363 g/mol. The topological polar surface area (TPSA) is 78.8 Å². The zero-order valence-corrected chi connectivity index (χ0v) is 15.3. The van der Waals surface area contributed by atoms with Crippen LogP contribution in [-0.2, 0) is 6.61 Å². The van der Waals surface area contributed by atoms with E-state index in [0.29, 0.717) is 28.8 Å². The summed E-state index contributed by atoms with van der Waals surface area (Å²) in [6.45, 7) is 2.35. The van der Waals surface area contributed by atoms with Gasteiger partial charge in [0.05, 0.1) is 0 Å². The maximum atomic E-state index is 12.2. The predicted octanol–water partition coefficient (Wildman–Crippen LogP) is 3.92. The van der Waals surface area contributed by atoms with Gasteiger partial charge in [-0.1, -0.05) is 48.2 Å². The van der Waals surface area contributed by atoms with Crippen molar-refractivity contribution >= 4 is 11.8 Å². The molecule has 2 aromatic carbocycles. The number of aryl methyl sites for hydroxylation is 1. The Morgan fingerprint density at radius 3 is 2.69 bits per heavy atom. The van der Waals surface area contributed by atoms with Gasteiger partial charge in [-0.3, -0.25) is 4.79 Å². The van der Waals surface area contributed by atoms with Crippen LogP contribution in [0.1, 0.15) is 16.7 Å². The third kappa shape index (κ3) is 3.79. The van der Waals surface area contributed by atoms with Crippen molar-refractivity contribution < 1.29 is 4.74 Å². The normalized spacial score (nSPS) is 10.3. The molecule has 26 heavy (non-hydrogen) atoms.